The van der Waals surface area contributed by atoms with Gasteiger partial charge in [-0.15, -0.1) is 0 Å². The van der Waals surface area contributed by atoms with Gasteiger partial charge in [0.05, 0.1) is 19.3 Å². The Morgan fingerprint density at radius 2 is 2.00 bits per heavy atom. The summed E-state index contributed by atoms with van der Waals surface area (Å²) in [6.07, 6.45) is -2.77. The van der Waals surface area contributed by atoms with Gasteiger partial charge in [0.2, 0.25) is 5.91 Å². The first-order valence-corrected chi connectivity index (χ1v) is 8.17. The van der Waals surface area contributed by atoms with Crippen molar-refractivity contribution < 1.29 is 24.9 Å². The summed E-state index contributed by atoms with van der Waals surface area (Å²) < 4.78 is 5.34. The fourth-order valence-electron chi connectivity index (χ4n) is 2.84. The molecule has 7 heteroatoms. The molecule has 1 aromatic rings. The lowest BCUT2D eigenvalue weighted by Gasteiger charge is -2.37. The lowest BCUT2D eigenvalue weighted by Crippen LogP contribution is -2.54. The van der Waals surface area contributed by atoms with E-state index in [1.54, 1.807) is 4.90 Å². The van der Waals surface area contributed by atoms with E-state index in [0.717, 1.165) is 5.69 Å². The van der Waals surface area contributed by atoms with Crippen molar-refractivity contribution in [2.45, 2.75) is 25.2 Å². The first-order chi connectivity index (χ1) is 11.5. The minimum Gasteiger partial charge on any atom is -0.394 e. The summed E-state index contributed by atoms with van der Waals surface area (Å²) in [7, 11) is 0. The van der Waals surface area contributed by atoms with Crippen LogP contribution in [0.1, 0.15) is 6.92 Å². The van der Waals surface area contributed by atoms with E-state index in [1.807, 2.05) is 30.3 Å². The average Bonchev–Trinajstić information content (AvgIpc) is 2.59. The van der Waals surface area contributed by atoms with Gasteiger partial charge in [-0.25, -0.2) is 0 Å². The fourth-order valence-corrected chi connectivity index (χ4v) is 2.84. The van der Waals surface area contributed by atoms with Gasteiger partial charge in [-0.2, -0.15) is 0 Å². The number of aliphatic hydroxyl groups excluding tert-OH is 3. The smallest absolute Gasteiger partial charge is 0.223 e. The van der Waals surface area contributed by atoms with E-state index in [1.165, 1.54) is 6.92 Å². The first kappa shape index (κ1) is 18.8. The van der Waals surface area contributed by atoms with Gasteiger partial charge in [0.25, 0.3) is 0 Å². The quantitative estimate of drug-likeness (QED) is 0.493. The molecule has 0 spiro atoms. The predicted molar refractivity (Wildman–Crippen MR) is 89.7 cm³/mol. The lowest BCUT2D eigenvalue weighted by atomic mass is 9.92. The average molecular weight is 338 g/mol. The van der Waals surface area contributed by atoms with Crippen LogP contribution in [0.15, 0.2) is 30.3 Å². The van der Waals surface area contributed by atoms with Crippen molar-refractivity contribution in [3.8, 4) is 0 Å². The molecule has 1 amide bonds. The Balaban J connectivity index is 1.78. The maximum atomic E-state index is 11.8. The number of carbonyl (C=O) groups excluding carboxylic acids is 1. The molecular formula is C17H26N2O5. The van der Waals surface area contributed by atoms with E-state index in [-0.39, 0.29) is 25.0 Å². The van der Waals surface area contributed by atoms with Crippen LogP contribution < -0.4 is 10.2 Å². The number of rotatable bonds is 7. The highest BCUT2D eigenvalue weighted by Gasteiger charge is 2.37. The predicted octanol–water partition coefficient (Wildman–Crippen LogP) is -0.642. The molecule has 1 aliphatic rings. The number of nitrogens with one attached hydrogen (secondary N) is 1. The Bertz CT molecular complexity index is 513. The molecular weight excluding hydrogens is 312 g/mol. The van der Waals surface area contributed by atoms with Gasteiger partial charge in [0.15, 0.2) is 0 Å². The van der Waals surface area contributed by atoms with Gasteiger partial charge in [0.1, 0.15) is 12.2 Å². The van der Waals surface area contributed by atoms with Crippen LogP contribution in [0.4, 0.5) is 5.69 Å². The van der Waals surface area contributed by atoms with Crippen LogP contribution in [0, 0.1) is 5.92 Å². The van der Waals surface area contributed by atoms with E-state index in [0.29, 0.717) is 19.6 Å². The Morgan fingerprint density at radius 1 is 1.29 bits per heavy atom. The molecule has 0 radical (unpaired) electrons. The second kappa shape index (κ2) is 9.10. The molecule has 1 heterocycles. The Labute approximate surface area is 141 Å². The summed E-state index contributed by atoms with van der Waals surface area (Å²) >= 11 is 0. The lowest BCUT2D eigenvalue weighted by molar-refractivity contribution is -0.173. The standard InChI is InChI=1S/C17H26N2O5/c1-12(21)19(14-5-3-2-4-6-14)8-7-18-9-13-11-24-15(10-20)17(23)16(13)22/h2-6,13,15-18,20,22-23H,7-11H2,1H3/t13-,15-,16-,17+/m1/s1. The summed E-state index contributed by atoms with van der Waals surface area (Å²) in [5.41, 5.74) is 0.842. The number of ether oxygens (including phenoxy) is 1. The van der Waals surface area contributed by atoms with Crippen molar-refractivity contribution in [2.24, 2.45) is 5.92 Å². The van der Waals surface area contributed by atoms with Crippen LogP contribution in [0.3, 0.4) is 0 Å². The van der Waals surface area contributed by atoms with E-state index in [2.05, 4.69) is 5.32 Å². The van der Waals surface area contributed by atoms with Crippen molar-refractivity contribution >= 4 is 11.6 Å². The third-order valence-electron chi connectivity index (χ3n) is 4.28. The van der Waals surface area contributed by atoms with Crippen LogP contribution in [0.25, 0.3) is 0 Å². The number of carbonyl (C=O) groups is 1. The topological polar surface area (TPSA) is 102 Å². The highest BCUT2D eigenvalue weighted by molar-refractivity contribution is 5.91. The molecule has 1 aromatic carbocycles. The molecule has 1 saturated heterocycles. The number of nitrogens with zero attached hydrogens (tertiary/aromatic N) is 1. The van der Waals surface area contributed by atoms with Gasteiger partial charge in [-0.05, 0) is 12.1 Å². The van der Waals surface area contributed by atoms with Crippen molar-refractivity contribution in [3.63, 3.8) is 0 Å². The molecule has 0 unspecified atom stereocenters. The fraction of sp³-hybridized carbons (Fsp3) is 0.588. The highest BCUT2D eigenvalue weighted by atomic mass is 16.5. The number of aliphatic hydroxyl groups is 3. The largest absolute Gasteiger partial charge is 0.394 e. The maximum Gasteiger partial charge on any atom is 0.223 e. The molecule has 1 aliphatic heterocycles. The Morgan fingerprint density at radius 3 is 2.62 bits per heavy atom. The van der Waals surface area contributed by atoms with Gasteiger partial charge in [-0.1, -0.05) is 18.2 Å². The van der Waals surface area contributed by atoms with Crippen molar-refractivity contribution in [1.29, 1.82) is 0 Å². The normalized spacial score (nSPS) is 27.0. The summed E-state index contributed by atoms with van der Waals surface area (Å²) in [6.45, 7) is 2.99. The second-order valence-corrected chi connectivity index (χ2v) is 6.01. The van der Waals surface area contributed by atoms with Gasteiger partial charge in [0, 0.05) is 38.2 Å². The number of hydrogen-bond acceptors (Lipinski definition) is 6. The number of hydrogen-bond donors (Lipinski definition) is 4. The molecule has 2 rings (SSSR count). The number of para-hydroxylation sites is 1. The summed E-state index contributed by atoms with van der Waals surface area (Å²) in [5, 5.41) is 32.2. The molecule has 0 bridgehead atoms. The van der Waals surface area contributed by atoms with E-state index >= 15 is 0 Å². The third kappa shape index (κ3) is 4.75. The monoisotopic (exact) mass is 338 g/mol. The molecule has 0 aliphatic carbocycles. The Kier molecular flexibility index (Phi) is 7.14. The zero-order chi connectivity index (χ0) is 17.5. The van der Waals surface area contributed by atoms with Gasteiger partial charge < -0.3 is 30.3 Å². The molecule has 4 N–H and O–H groups in total. The van der Waals surface area contributed by atoms with Crippen LogP contribution in [-0.4, -0.2) is 72.4 Å². The zero-order valence-corrected chi connectivity index (χ0v) is 13.8. The van der Waals surface area contributed by atoms with Crippen LogP contribution in [0.5, 0.6) is 0 Å². The maximum absolute atomic E-state index is 11.8. The van der Waals surface area contributed by atoms with Gasteiger partial charge >= 0.3 is 0 Å². The minimum atomic E-state index is -1.09. The summed E-state index contributed by atoms with van der Waals surface area (Å²) in [5.74, 6) is -0.296. The Hall–Kier alpha value is -1.51. The second-order valence-electron chi connectivity index (χ2n) is 6.01. The van der Waals surface area contributed by atoms with Crippen LogP contribution >= 0.6 is 0 Å². The third-order valence-corrected chi connectivity index (χ3v) is 4.28. The van der Waals surface area contributed by atoms with E-state index < -0.39 is 18.3 Å². The SMILES string of the molecule is CC(=O)N(CCNC[C@@H]1CO[C@H](CO)[C@H](O)[C@@H]1O)c1ccccc1. The molecule has 1 fully saturated rings. The molecule has 0 aromatic heterocycles. The number of amides is 1. The van der Waals surface area contributed by atoms with E-state index in [9.17, 15) is 15.0 Å². The molecule has 0 saturated carbocycles. The summed E-state index contributed by atoms with van der Waals surface area (Å²) in [6, 6.07) is 9.42. The zero-order valence-electron chi connectivity index (χ0n) is 13.8. The van der Waals surface area contributed by atoms with Crippen LogP contribution in [-0.2, 0) is 9.53 Å². The first-order valence-electron chi connectivity index (χ1n) is 8.17. The van der Waals surface area contributed by atoms with Crippen molar-refractivity contribution in [1.82, 2.24) is 5.32 Å². The highest BCUT2D eigenvalue weighted by Crippen LogP contribution is 2.20. The van der Waals surface area contributed by atoms with Crippen molar-refractivity contribution in [2.75, 3.05) is 37.7 Å². The van der Waals surface area contributed by atoms with Crippen molar-refractivity contribution in [3.05, 3.63) is 30.3 Å². The molecule has 7 nitrogen and oxygen atoms in total. The number of anilines is 1. The molecule has 24 heavy (non-hydrogen) atoms. The van der Waals surface area contributed by atoms with E-state index in [4.69, 9.17) is 9.84 Å². The van der Waals surface area contributed by atoms with Crippen LogP contribution in [0.2, 0.25) is 0 Å². The molecule has 4 atom stereocenters. The van der Waals surface area contributed by atoms with Gasteiger partial charge in [-0.3, -0.25) is 4.79 Å². The number of benzene rings is 1. The summed E-state index contributed by atoms with van der Waals surface area (Å²) in [4.78, 5) is 13.5. The minimum absolute atomic E-state index is 0.0368. The molecule has 134 valence electrons.